The summed E-state index contributed by atoms with van der Waals surface area (Å²) in [7, 11) is 0. The maximum atomic E-state index is 13.0. The Morgan fingerprint density at radius 1 is 1.12 bits per heavy atom. The maximum Gasteiger partial charge on any atom is 0.230 e. The molecule has 2 aromatic rings. The summed E-state index contributed by atoms with van der Waals surface area (Å²) in [6.45, 7) is 1.51. The SMILES string of the molecule is O=C(NCc1cccc2c1OCCO2)C1(c2cccc(Cl)c2)CCC1. The number of para-hydroxylation sites is 1. The average molecular weight is 358 g/mol. The number of rotatable bonds is 4. The Kier molecular flexibility index (Phi) is 4.30. The fourth-order valence-electron chi connectivity index (χ4n) is 3.58. The molecule has 0 atom stereocenters. The lowest BCUT2D eigenvalue weighted by atomic mass is 9.64. The molecule has 0 saturated heterocycles. The van der Waals surface area contributed by atoms with E-state index in [0.717, 1.165) is 41.9 Å². The molecular formula is C20H20ClNO3. The molecule has 0 unspecified atom stereocenters. The lowest BCUT2D eigenvalue weighted by molar-refractivity contribution is -0.130. The molecule has 0 spiro atoms. The molecule has 4 nitrogen and oxygen atoms in total. The Bertz CT molecular complexity index is 801. The predicted molar refractivity (Wildman–Crippen MR) is 96.3 cm³/mol. The van der Waals surface area contributed by atoms with Gasteiger partial charge >= 0.3 is 0 Å². The molecule has 1 aliphatic heterocycles. The third kappa shape index (κ3) is 2.95. The summed E-state index contributed by atoms with van der Waals surface area (Å²) in [6.07, 6.45) is 2.76. The molecule has 1 heterocycles. The summed E-state index contributed by atoms with van der Waals surface area (Å²) < 4.78 is 11.3. The van der Waals surface area contributed by atoms with Gasteiger partial charge in [-0.15, -0.1) is 0 Å². The van der Waals surface area contributed by atoms with Crippen LogP contribution in [-0.2, 0) is 16.8 Å². The minimum atomic E-state index is -0.461. The second kappa shape index (κ2) is 6.60. The van der Waals surface area contributed by atoms with Crippen molar-refractivity contribution in [3.63, 3.8) is 0 Å². The molecule has 1 saturated carbocycles. The first-order valence-electron chi connectivity index (χ1n) is 8.61. The molecule has 1 fully saturated rings. The number of amides is 1. The van der Waals surface area contributed by atoms with Crippen molar-refractivity contribution in [2.75, 3.05) is 13.2 Å². The van der Waals surface area contributed by atoms with Gasteiger partial charge in [0.25, 0.3) is 0 Å². The molecule has 1 amide bonds. The van der Waals surface area contributed by atoms with Crippen LogP contribution in [-0.4, -0.2) is 19.1 Å². The molecule has 2 aromatic carbocycles. The van der Waals surface area contributed by atoms with Crippen LogP contribution in [0.3, 0.4) is 0 Å². The Labute approximate surface area is 152 Å². The van der Waals surface area contributed by atoms with Crippen molar-refractivity contribution in [1.82, 2.24) is 5.32 Å². The summed E-state index contributed by atoms with van der Waals surface area (Å²) >= 11 is 6.13. The van der Waals surface area contributed by atoms with Crippen LogP contribution >= 0.6 is 11.6 Å². The minimum Gasteiger partial charge on any atom is -0.486 e. The summed E-state index contributed by atoms with van der Waals surface area (Å²) in [5, 5.41) is 3.76. The summed E-state index contributed by atoms with van der Waals surface area (Å²) in [4.78, 5) is 13.0. The topological polar surface area (TPSA) is 47.6 Å². The van der Waals surface area contributed by atoms with Crippen LogP contribution in [0.4, 0.5) is 0 Å². The van der Waals surface area contributed by atoms with Gasteiger partial charge in [0.2, 0.25) is 5.91 Å². The highest BCUT2D eigenvalue weighted by Gasteiger charge is 2.45. The second-order valence-electron chi connectivity index (χ2n) is 6.57. The van der Waals surface area contributed by atoms with E-state index >= 15 is 0 Å². The minimum absolute atomic E-state index is 0.0512. The zero-order chi connectivity index (χ0) is 17.3. The first-order chi connectivity index (χ1) is 12.2. The van der Waals surface area contributed by atoms with Gasteiger partial charge in [-0.2, -0.15) is 0 Å². The molecule has 2 aliphatic rings. The highest BCUT2D eigenvalue weighted by Crippen LogP contribution is 2.44. The van der Waals surface area contributed by atoms with Crippen LogP contribution in [0.2, 0.25) is 5.02 Å². The standard InChI is InChI=1S/C20H20ClNO3/c21-16-6-2-5-15(12-16)20(8-3-9-20)19(23)22-13-14-4-1-7-17-18(14)25-11-10-24-17/h1-2,4-7,12H,3,8-11,13H2,(H,22,23). The van der Waals surface area contributed by atoms with E-state index in [0.29, 0.717) is 24.8 Å². The molecule has 1 N–H and O–H groups in total. The van der Waals surface area contributed by atoms with E-state index in [1.807, 2.05) is 42.5 Å². The van der Waals surface area contributed by atoms with Crippen LogP contribution in [0.15, 0.2) is 42.5 Å². The third-order valence-corrected chi connectivity index (χ3v) is 5.34. The zero-order valence-electron chi connectivity index (χ0n) is 13.9. The van der Waals surface area contributed by atoms with E-state index in [4.69, 9.17) is 21.1 Å². The normalized spacial score (nSPS) is 17.5. The summed E-state index contributed by atoms with van der Waals surface area (Å²) in [5.74, 6) is 1.53. The van der Waals surface area contributed by atoms with Gasteiger partial charge < -0.3 is 14.8 Å². The van der Waals surface area contributed by atoms with Crippen molar-refractivity contribution < 1.29 is 14.3 Å². The van der Waals surface area contributed by atoms with Crippen molar-refractivity contribution in [2.24, 2.45) is 0 Å². The van der Waals surface area contributed by atoms with Gasteiger partial charge in [0.15, 0.2) is 11.5 Å². The van der Waals surface area contributed by atoms with E-state index in [1.54, 1.807) is 0 Å². The molecule has 25 heavy (non-hydrogen) atoms. The quantitative estimate of drug-likeness (QED) is 0.904. The predicted octanol–water partition coefficient (Wildman–Crippen LogP) is 3.85. The van der Waals surface area contributed by atoms with Gasteiger partial charge in [0.05, 0.1) is 5.41 Å². The van der Waals surface area contributed by atoms with Gasteiger partial charge in [-0.1, -0.05) is 42.3 Å². The Hall–Kier alpha value is -2.20. The highest BCUT2D eigenvalue weighted by molar-refractivity contribution is 6.30. The van der Waals surface area contributed by atoms with E-state index in [-0.39, 0.29) is 5.91 Å². The van der Waals surface area contributed by atoms with E-state index in [1.165, 1.54) is 0 Å². The number of nitrogens with one attached hydrogen (secondary N) is 1. The van der Waals surface area contributed by atoms with Crippen LogP contribution in [0.25, 0.3) is 0 Å². The van der Waals surface area contributed by atoms with Crippen molar-refractivity contribution in [2.45, 2.75) is 31.2 Å². The summed E-state index contributed by atoms with van der Waals surface area (Å²) in [5.41, 5.74) is 1.47. The van der Waals surface area contributed by atoms with Gasteiger partial charge in [-0.05, 0) is 36.6 Å². The molecule has 4 rings (SSSR count). The number of hydrogen-bond donors (Lipinski definition) is 1. The number of benzene rings is 2. The Morgan fingerprint density at radius 2 is 1.92 bits per heavy atom. The molecule has 5 heteroatoms. The van der Waals surface area contributed by atoms with Gasteiger partial charge in [0.1, 0.15) is 13.2 Å². The lowest BCUT2D eigenvalue weighted by Crippen LogP contribution is -2.49. The molecule has 1 aliphatic carbocycles. The van der Waals surface area contributed by atoms with Crippen molar-refractivity contribution in [1.29, 1.82) is 0 Å². The average Bonchev–Trinajstić information content (AvgIpc) is 2.59. The van der Waals surface area contributed by atoms with Crippen molar-refractivity contribution in [3.05, 3.63) is 58.6 Å². The van der Waals surface area contributed by atoms with E-state index in [9.17, 15) is 4.79 Å². The first-order valence-corrected chi connectivity index (χ1v) is 8.99. The first kappa shape index (κ1) is 16.3. The fraction of sp³-hybridized carbons (Fsp3) is 0.350. The Morgan fingerprint density at radius 3 is 2.68 bits per heavy atom. The number of carbonyl (C=O) groups excluding carboxylic acids is 1. The zero-order valence-corrected chi connectivity index (χ0v) is 14.6. The third-order valence-electron chi connectivity index (χ3n) is 5.11. The summed E-state index contributed by atoms with van der Waals surface area (Å²) in [6, 6.07) is 13.4. The van der Waals surface area contributed by atoms with Crippen LogP contribution in [0, 0.1) is 0 Å². The fourth-order valence-corrected chi connectivity index (χ4v) is 3.77. The smallest absolute Gasteiger partial charge is 0.230 e. The van der Waals surface area contributed by atoms with Crippen LogP contribution in [0.5, 0.6) is 11.5 Å². The molecule has 0 radical (unpaired) electrons. The molecule has 0 aromatic heterocycles. The number of carbonyl (C=O) groups is 1. The van der Waals surface area contributed by atoms with Crippen molar-refractivity contribution >= 4 is 17.5 Å². The monoisotopic (exact) mass is 357 g/mol. The van der Waals surface area contributed by atoms with E-state index in [2.05, 4.69) is 5.32 Å². The number of fused-ring (bicyclic) bond motifs is 1. The van der Waals surface area contributed by atoms with Gasteiger partial charge in [0, 0.05) is 17.1 Å². The Balaban J connectivity index is 1.52. The molecule has 130 valence electrons. The number of ether oxygens (including phenoxy) is 2. The van der Waals surface area contributed by atoms with Gasteiger partial charge in [-0.25, -0.2) is 0 Å². The second-order valence-corrected chi connectivity index (χ2v) is 7.01. The number of hydrogen-bond acceptors (Lipinski definition) is 3. The van der Waals surface area contributed by atoms with Gasteiger partial charge in [-0.3, -0.25) is 4.79 Å². The van der Waals surface area contributed by atoms with E-state index < -0.39 is 5.41 Å². The molecular weight excluding hydrogens is 338 g/mol. The lowest BCUT2D eigenvalue weighted by Gasteiger charge is -2.41. The maximum absolute atomic E-state index is 13.0. The molecule has 0 bridgehead atoms. The van der Waals surface area contributed by atoms with Crippen LogP contribution in [0.1, 0.15) is 30.4 Å². The largest absolute Gasteiger partial charge is 0.486 e. The number of halogens is 1. The van der Waals surface area contributed by atoms with Crippen LogP contribution < -0.4 is 14.8 Å². The highest BCUT2D eigenvalue weighted by atomic mass is 35.5. The van der Waals surface area contributed by atoms with Crippen molar-refractivity contribution in [3.8, 4) is 11.5 Å².